The molecule has 102 valence electrons. The van der Waals surface area contributed by atoms with Gasteiger partial charge in [-0.15, -0.1) is 0 Å². The highest BCUT2D eigenvalue weighted by Gasteiger charge is 2.18. The van der Waals surface area contributed by atoms with Crippen molar-refractivity contribution < 1.29 is 13.2 Å². The molecule has 1 N–H and O–H groups in total. The maximum Gasteiger partial charge on any atom is 0.175 e. The topological polar surface area (TPSA) is 59.2 Å². The van der Waals surface area contributed by atoms with Gasteiger partial charge >= 0.3 is 0 Å². The van der Waals surface area contributed by atoms with E-state index in [1.807, 2.05) is 6.07 Å². The summed E-state index contributed by atoms with van der Waals surface area (Å²) in [5.74, 6) is 0.489. The monoisotopic (exact) mass is 279 g/mol. The average molecular weight is 279 g/mol. The predicted octanol–water partition coefficient (Wildman–Crippen LogP) is 2.47. The van der Waals surface area contributed by atoms with Crippen LogP contribution in [0.25, 0.3) is 10.9 Å². The first-order valence-electron chi connectivity index (χ1n) is 6.44. The van der Waals surface area contributed by atoms with Crippen LogP contribution in [0.1, 0.15) is 24.5 Å². The molecule has 0 radical (unpaired) electrons. The van der Waals surface area contributed by atoms with Crippen LogP contribution in [-0.4, -0.2) is 32.9 Å². The Morgan fingerprint density at radius 2 is 1.95 bits per heavy atom. The average Bonchev–Trinajstić information content (AvgIpc) is 2.81. The Labute approximate surface area is 112 Å². The number of rotatable bonds is 2. The summed E-state index contributed by atoms with van der Waals surface area (Å²) >= 11 is 0. The van der Waals surface area contributed by atoms with Gasteiger partial charge in [0.05, 0.1) is 4.90 Å². The lowest BCUT2D eigenvalue weighted by Crippen LogP contribution is -2.14. The second-order valence-corrected chi connectivity index (χ2v) is 7.15. The van der Waals surface area contributed by atoms with Crippen LogP contribution in [0.5, 0.6) is 0 Å². The molecule has 0 bridgehead atoms. The van der Waals surface area contributed by atoms with Gasteiger partial charge in [0.15, 0.2) is 9.84 Å². The Morgan fingerprint density at radius 3 is 2.63 bits per heavy atom. The molecule has 0 aliphatic carbocycles. The van der Waals surface area contributed by atoms with Crippen molar-refractivity contribution in [2.24, 2.45) is 0 Å². The number of H-pyrrole nitrogens is 1. The first-order valence-corrected chi connectivity index (χ1v) is 8.34. The van der Waals surface area contributed by atoms with E-state index in [-0.39, 0.29) is 0 Å². The minimum Gasteiger partial charge on any atom is -0.381 e. The molecule has 3 rings (SSSR count). The Hall–Kier alpha value is -1.33. The third-order valence-corrected chi connectivity index (χ3v) is 4.81. The molecular formula is C14H17NO3S. The second kappa shape index (κ2) is 4.65. The van der Waals surface area contributed by atoms with E-state index in [2.05, 4.69) is 11.1 Å². The van der Waals surface area contributed by atoms with Gasteiger partial charge in [-0.25, -0.2) is 8.42 Å². The summed E-state index contributed by atoms with van der Waals surface area (Å²) in [5, 5.41) is 0.962. The molecule has 1 aliphatic rings. The number of aromatic nitrogens is 1. The maximum atomic E-state index is 11.6. The van der Waals surface area contributed by atoms with Crippen molar-refractivity contribution in [1.82, 2.24) is 4.98 Å². The van der Waals surface area contributed by atoms with Gasteiger partial charge < -0.3 is 9.72 Å². The van der Waals surface area contributed by atoms with Gasteiger partial charge in [0, 0.05) is 42.0 Å². The number of fused-ring (bicyclic) bond motifs is 1. The van der Waals surface area contributed by atoms with E-state index < -0.39 is 9.84 Å². The summed E-state index contributed by atoms with van der Waals surface area (Å²) in [7, 11) is -3.14. The zero-order valence-electron chi connectivity index (χ0n) is 10.8. The largest absolute Gasteiger partial charge is 0.381 e. The van der Waals surface area contributed by atoms with Gasteiger partial charge in [-0.05, 0) is 37.1 Å². The van der Waals surface area contributed by atoms with Gasteiger partial charge in [-0.2, -0.15) is 0 Å². The van der Waals surface area contributed by atoms with Crippen molar-refractivity contribution in [3.8, 4) is 0 Å². The fraction of sp³-hybridized carbons (Fsp3) is 0.429. The van der Waals surface area contributed by atoms with E-state index in [0.717, 1.165) is 37.0 Å². The third kappa shape index (κ3) is 2.53. The van der Waals surface area contributed by atoms with Crippen LogP contribution in [-0.2, 0) is 14.6 Å². The lowest BCUT2D eigenvalue weighted by molar-refractivity contribution is 0.0846. The Balaban J connectivity index is 2.01. The summed E-state index contributed by atoms with van der Waals surface area (Å²) in [6, 6.07) is 7.31. The van der Waals surface area contributed by atoms with E-state index in [0.29, 0.717) is 10.8 Å². The fourth-order valence-corrected chi connectivity index (χ4v) is 3.25. The maximum absolute atomic E-state index is 11.6. The molecule has 1 fully saturated rings. The number of hydrogen-bond donors (Lipinski definition) is 1. The van der Waals surface area contributed by atoms with Gasteiger partial charge in [0.25, 0.3) is 0 Å². The molecule has 2 aromatic rings. The van der Waals surface area contributed by atoms with Crippen molar-refractivity contribution in [2.75, 3.05) is 19.5 Å². The molecule has 0 amide bonds. The molecule has 0 atom stereocenters. The molecule has 0 spiro atoms. The normalized spacial score (nSPS) is 17.9. The van der Waals surface area contributed by atoms with Crippen LogP contribution in [0.2, 0.25) is 0 Å². The quantitative estimate of drug-likeness (QED) is 0.918. The fourth-order valence-electron chi connectivity index (χ4n) is 2.59. The van der Waals surface area contributed by atoms with Crippen molar-refractivity contribution in [3.63, 3.8) is 0 Å². The molecule has 0 saturated carbocycles. The van der Waals surface area contributed by atoms with E-state index in [4.69, 9.17) is 4.74 Å². The molecule has 0 unspecified atom stereocenters. The molecule has 2 heterocycles. The van der Waals surface area contributed by atoms with Crippen molar-refractivity contribution in [2.45, 2.75) is 23.7 Å². The molecule has 1 aliphatic heterocycles. The number of aromatic amines is 1. The highest BCUT2D eigenvalue weighted by molar-refractivity contribution is 7.90. The lowest BCUT2D eigenvalue weighted by Gasteiger charge is -2.20. The Morgan fingerprint density at radius 1 is 1.21 bits per heavy atom. The van der Waals surface area contributed by atoms with E-state index in [1.165, 1.54) is 11.9 Å². The summed E-state index contributed by atoms with van der Waals surface area (Å²) in [6.45, 7) is 1.60. The smallest absolute Gasteiger partial charge is 0.175 e. The van der Waals surface area contributed by atoms with E-state index >= 15 is 0 Å². The van der Waals surface area contributed by atoms with Crippen LogP contribution in [0.4, 0.5) is 0 Å². The number of nitrogens with one attached hydrogen (secondary N) is 1. The standard InChI is InChI=1S/C14H17NO3S/c1-19(16,17)12-2-3-13-11(8-12)9-14(15-13)10-4-6-18-7-5-10/h2-3,8-10,15H,4-7H2,1H3. The minimum absolute atomic E-state index is 0.373. The second-order valence-electron chi connectivity index (χ2n) is 5.13. The van der Waals surface area contributed by atoms with Gasteiger partial charge in [0.1, 0.15) is 0 Å². The van der Waals surface area contributed by atoms with Crippen LogP contribution >= 0.6 is 0 Å². The molecule has 19 heavy (non-hydrogen) atoms. The molecule has 1 saturated heterocycles. The Bertz CT molecular complexity index is 697. The van der Waals surface area contributed by atoms with Crippen LogP contribution < -0.4 is 0 Å². The van der Waals surface area contributed by atoms with E-state index in [1.54, 1.807) is 12.1 Å². The number of hydrogen-bond acceptors (Lipinski definition) is 3. The zero-order chi connectivity index (χ0) is 13.5. The zero-order valence-corrected chi connectivity index (χ0v) is 11.7. The summed E-state index contributed by atoms with van der Waals surface area (Å²) in [5.41, 5.74) is 2.18. The van der Waals surface area contributed by atoms with Gasteiger partial charge in [-0.1, -0.05) is 0 Å². The summed E-state index contributed by atoms with van der Waals surface area (Å²) in [6.07, 6.45) is 3.28. The van der Waals surface area contributed by atoms with Gasteiger partial charge in [0.2, 0.25) is 0 Å². The van der Waals surface area contributed by atoms with Crippen molar-refractivity contribution >= 4 is 20.7 Å². The number of benzene rings is 1. The molecular weight excluding hydrogens is 262 g/mol. The van der Waals surface area contributed by atoms with Crippen molar-refractivity contribution in [1.29, 1.82) is 0 Å². The third-order valence-electron chi connectivity index (χ3n) is 3.70. The Kier molecular flexibility index (Phi) is 3.11. The predicted molar refractivity (Wildman–Crippen MR) is 74.2 cm³/mol. The highest BCUT2D eigenvalue weighted by atomic mass is 32.2. The summed E-state index contributed by atoms with van der Waals surface area (Å²) < 4.78 is 28.5. The van der Waals surface area contributed by atoms with Crippen molar-refractivity contribution in [3.05, 3.63) is 30.0 Å². The van der Waals surface area contributed by atoms with E-state index in [9.17, 15) is 8.42 Å². The molecule has 1 aromatic heterocycles. The first-order chi connectivity index (χ1) is 9.04. The van der Waals surface area contributed by atoms with Crippen LogP contribution in [0, 0.1) is 0 Å². The number of sulfone groups is 1. The lowest BCUT2D eigenvalue weighted by atomic mass is 9.97. The summed E-state index contributed by atoms with van der Waals surface area (Å²) in [4.78, 5) is 3.77. The molecule has 4 nitrogen and oxygen atoms in total. The number of ether oxygens (including phenoxy) is 1. The van der Waals surface area contributed by atoms with Crippen LogP contribution in [0.3, 0.4) is 0 Å². The van der Waals surface area contributed by atoms with Crippen LogP contribution in [0.15, 0.2) is 29.2 Å². The minimum atomic E-state index is -3.14. The van der Waals surface area contributed by atoms with Gasteiger partial charge in [-0.3, -0.25) is 0 Å². The molecule has 5 heteroatoms. The SMILES string of the molecule is CS(=O)(=O)c1ccc2[nH]c(C3CCOCC3)cc2c1. The first kappa shape index (κ1) is 12.7. The molecule has 1 aromatic carbocycles. The highest BCUT2D eigenvalue weighted by Crippen LogP contribution is 2.29.